The average Bonchev–Trinajstić information content (AvgIpc) is 3.20. The number of hydrogen-bond donors (Lipinski definition) is 1. The smallest absolute Gasteiger partial charge is 0.259 e. The fourth-order valence-electron chi connectivity index (χ4n) is 4.01. The maximum absolute atomic E-state index is 13.1. The van der Waals surface area contributed by atoms with Gasteiger partial charge in [-0.2, -0.15) is 0 Å². The molecule has 0 bridgehead atoms. The molecule has 1 aliphatic rings. The van der Waals surface area contributed by atoms with Gasteiger partial charge in [0.25, 0.3) is 11.8 Å². The molecule has 2 amide bonds. The van der Waals surface area contributed by atoms with Crippen LogP contribution in [-0.2, 0) is 6.42 Å². The van der Waals surface area contributed by atoms with Gasteiger partial charge in [0.15, 0.2) is 0 Å². The molecule has 0 saturated carbocycles. The highest BCUT2D eigenvalue weighted by Gasteiger charge is 2.30. The fourth-order valence-corrected chi connectivity index (χ4v) is 4.01. The molecule has 8 heteroatoms. The van der Waals surface area contributed by atoms with E-state index in [-0.39, 0.29) is 23.5 Å². The van der Waals surface area contributed by atoms with Crippen LogP contribution < -0.4 is 5.32 Å². The van der Waals surface area contributed by atoms with Crippen LogP contribution in [0.3, 0.4) is 0 Å². The third-order valence-corrected chi connectivity index (χ3v) is 5.76. The first kappa shape index (κ1) is 21.7. The van der Waals surface area contributed by atoms with Crippen molar-refractivity contribution < 1.29 is 18.5 Å². The number of nitrogens with one attached hydrogen (secondary N) is 1. The number of benzene rings is 1. The van der Waals surface area contributed by atoms with Crippen molar-refractivity contribution >= 4 is 17.5 Å². The second-order valence-electron chi connectivity index (χ2n) is 7.94. The number of rotatable bonds is 5. The molecule has 1 aliphatic heterocycles. The Labute approximate surface area is 185 Å². The zero-order valence-corrected chi connectivity index (χ0v) is 18.1. The van der Waals surface area contributed by atoms with Gasteiger partial charge in [0.05, 0.1) is 11.3 Å². The Morgan fingerprint density at radius 2 is 2.00 bits per heavy atom. The summed E-state index contributed by atoms with van der Waals surface area (Å²) in [6.45, 7) is 4.95. The number of aryl methyl sites for hydroxylation is 2. The summed E-state index contributed by atoms with van der Waals surface area (Å²) < 4.78 is 18.3. The van der Waals surface area contributed by atoms with Crippen LogP contribution in [0.4, 0.5) is 10.1 Å². The summed E-state index contributed by atoms with van der Waals surface area (Å²) in [4.78, 5) is 31.9. The highest BCUT2D eigenvalue weighted by molar-refractivity contribution is 6.04. The number of likely N-dealkylation sites (tertiary alicyclic amines) is 1. The average molecular weight is 436 g/mol. The molecule has 4 rings (SSSR count). The Kier molecular flexibility index (Phi) is 6.30. The summed E-state index contributed by atoms with van der Waals surface area (Å²) in [6.07, 6.45) is 3.96. The zero-order valence-electron chi connectivity index (χ0n) is 18.1. The van der Waals surface area contributed by atoms with E-state index < -0.39 is 0 Å². The normalized spacial score (nSPS) is 16.1. The molecule has 0 spiro atoms. The first-order valence-electron chi connectivity index (χ1n) is 10.7. The SMILES string of the molecule is CCc1noc(C)c1C(=O)N1CCC[C@@H](c2ccc(C(=O)Nc3ccc(F)cc3)cn2)C1. The summed E-state index contributed by atoms with van der Waals surface area (Å²) in [7, 11) is 0. The van der Waals surface area contributed by atoms with E-state index in [9.17, 15) is 14.0 Å². The van der Waals surface area contributed by atoms with Crippen molar-refractivity contribution in [2.75, 3.05) is 18.4 Å². The first-order chi connectivity index (χ1) is 15.5. The van der Waals surface area contributed by atoms with Crippen molar-refractivity contribution in [1.82, 2.24) is 15.0 Å². The number of hydrogen-bond acceptors (Lipinski definition) is 5. The van der Waals surface area contributed by atoms with Gasteiger partial charge in [-0.1, -0.05) is 12.1 Å². The minimum Gasteiger partial charge on any atom is -0.361 e. The Hall–Kier alpha value is -3.55. The number of pyridine rings is 1. The Morgan fingerprint density at radius 3 is 2.69 bits per heavy atom. The summed E-state index contributed by atoms with van der Waals surface area (Å²) >= 11 is 0. The summed E-state index contributed by atoms with van der Waals surface area (Å²) in [5.74, 6) is -0.0957. The van der Waals surface area contributed by atoms with E-state index in [4.69, 9.17) is 4.52 Å². The van der Waals surface area contributed by atoms with Crippen molar-refractivity contribution in [3.63, 3.8) is 0 Å². The van der Waals surface area contributed by atoms with E-state index in [1.807, 2.05) is 17.9 Å². The van der Waals surface area contributed by atoms with Gasteiger partial charge in [-0.05, 0) is 62.6 Å². The molecule has 0 radical (unpaired) electrons. The summed E-state index contributed by atoms with van der Waals surface area (Å²) in [6, 6.07) is 9.14. The number of piperidine rings is 1. The maximum atomic E-state index is 13.1. The minimum absolute atomic E-state index is 0.0550. The molecule has 1 atom stereocenters. The van der Waals surface area contributed by atoms with Crippen molar-refractivity contribution in [3.8, 4) is 0 Å². The Bertz CT molecular complexity index is 1110. The third kappa shape index (κ3) is 4.54. The summed E-state index contributed by atoms with van der Waals surface area (Å²) in [5.41, 5.74) is 3.02. The number of aromatic nitrogens is 2. The lowest BCUT2D eigenvalue weighted by Gasteiger charge is -2.32. The molecule has 3 aromatic rings. The lowest BCUT2D eigenvalue weighted by Crippen LogP contribution is -2.39. The zero-order chi connectivity index (χ0) is 22.7. The van der Waals surface area contributed by atoms with Crippen LogP contribution in [0.5, 0.6) is 0 Å². The molecule has 32 heavy (non-hydrogen) atoms. The third-order valence-electron chi connectivity index (χ3n) is 5.76. The van der Waals surface area contributed by atoms with Gasteiger partial charge in [0, 0.05) is 36.6 Å². The molecule has 166 valence electrons. The molecule has 1 N–H and O–H groups in total. The van der Waals surface area contributed by atoms with Crippen LogP contribution in [0, 0.1) is 12.7 Å². The topological polar surface area (TPSA) is 88.3 Å². The van der Waals surface area contributed by atoms with Crippen LogP contribution in [-0.4, -0.2) is 39.9 Å². The predicted molar refractivity (Wildman–Crippen MR) is 117 cm³/mol. The van der Waals surface area contributed by atoms with Crippen molar-refractivity contribution in [3.05, 3.63) is 76.7 Å². The molecule has 3 heterocycles. The van der Waals surface area contributed by atoms with Crippen LogP contribution in [0.2, 0.25) is 0 Å². The number of carbonyl (C=O) groups excluding carboxylic acids is 2. The molecule has 1 fully saturated rings. The quantitative estimate of drug-likeness (QED) is 0.642. The molecule has 0 unspecified atom stereocenters. The second-order valence-corrected chi connectivity index (χ2v) is 7.94. The van der Waals surface area contributed by atoms with Crippen LogP contribution in [0.15, 0.2) is 47.1 Å². The van der Waals surface area contributed by atoms with Gasteiger partial charge in [-0.15, -0.1) is 0 Å². The largest absolute Gasteiger partial charge is 0.361 e. The molecular formula is C24H25FN4O3. The number of anilines is 1. The second kappa shape index (κ2) is 9.30. The number of halogens is 1. The monoisotopic (exact) mass is 436 g/mol. The Morgan fingerprint density at radius 1 is 1.22 bits per heavy atom. The van der Waals surface area contributed by atoms with Crippen molar-refractivity contribution in [2.45, 2.75) is 39.0 Å². The van der Waals surface area contributed by atoms with Gasteiger partial charge in [0.2, 0.25) is 0 Å². The van der Waals surface area contributed by atoms with Crippen LogP contribution in [0.25, 0.3) is 0 Å². The van der Waals surface area contributed by atoms with E-state index in [1.54, 1.807) is 13.0 Å². The van der Waals surface area contributed by atoms with E-state index in [1.165, 1.54) is 30.5 Å². The van der Waals surface area contributed by atoms with Gasteiger partial charge < -0.3 is 14.7 Å². The molecule has 2 aromatic heterocycles. The fraction of sp³-hybridized carbons (Fsp3) is 0.333. The van der Waals surface area contributed by atoms with Crippen LogP contribution in [0.1, 0.15) is 63.5 Å². The lowest BCUT2D eigenvalue weighted by molar-refractivity contribution is 0.0703. The first-order valence-corrected chi connectivity index (χ1v) is 10.7. The highest BCUT2D eigenvalue weighted by atomic mass is 19.1. The minimum atomic E-state index is -0.362. The standard InChI is InChI=1S/C24H25FN4O3/c1-3-20-22(15(2)32-28-20)24(31)29-12-4-5-17(14-29)21-11-6-16(13-26-21)23(30)27-19-9-7-18(25)8-10-19/h6-11,13,17H,3-5,12,14H2,1-2H3,(H,27,30)/t17-/m1/s1. The number of nitrogens with zero attached hydrogens (tertiary/aromatic N) is 3. The number of carbonyl (C=O) groups is 2. The van der Waals surface area contributed by atoms with E-state index in [0.717, 1.165) is 18.5 Å². The molecule has 7 nitrogen and oxygen atoms in total. The van der Waals surface area contributed by atoms with Crippen LogP contribution >= 0.6 is 0 Å². The van der Waals surface area contributed by atoms with E-state index in [0.29, 0.717) is 47.8 Å². The van der Waals surface area contributed by atoms with E-state index >= 15 is 0 Å². The van der Waals surface area contributed by atoms with Gasteiger partial charge in [0.1, 0.15) is 17.1 Å². The number of amides is 2. The van der Waals surface area contributed by atoms with Crippen molar-refractivity contribution in [1.29, 1.82) is 0 Å². The van der Waals surface area contributed by atoms with E-state index in [2.05, 4.69) is 15.5 Å². The molecular weight excluding hydrogens is 411 g/mol. The van der Waals surface area contributed by atoms with Gasteiger partial charge in [-0.3, -0.25) is 14.6 Å². The van der Waals surface area contributed by atoms with Crippen molar-refractivity contribution in [2.24, 2.45) is 0 Å². The van der Waals surface area contributed by atoms with Gasteiger partial charge >= 0.3 is 0 Å². The van der Waals surface area contributed by atoms with Gasteiger partial charge in [-0.25, -0.2) is 4.39 Å². The predicted octanol–water partition coefficient (Wildman–Crippen LogP) is 4.35. The summed E-state index contributed by atoms with van der Waals surface area (Å²) in [5, 5.41) is 6.72. The molecule has 0 aliphatic carbocycles. The Balaban J connectivity index is 1.43. The highest BCUT2D eigenvalue weighted by Crippen LogP contribution is 2.28. The maximum Gasteiger partial charge on any atom is 0.259 e. The lowest BCUT2D eigenvalue weighted by atomic mass is 9.93. The molecule has 1 saturated heterocycles. The molecule has 1 aromatic carbocycles.